The molecule has 0 aliphatic carbocycles. The zero-order valence-electron chi connectivity index (χ0n) is 11.8. The van der Waals surface area contributed by atoms with Crippen molar-refractivity contribution >= 4 is 10.0 Å². The smallest absolute Gasteiger partial charge is 0.240 e. The van der Waals surface area contributed by atoms with Gasteiger partial charge in [0.15, 0.2) is 11.5 Å². The minimum absolute atomic E-state index is 0.168. The average Bonchev–Trinajstić information content (AvgIpc) is 3.04. The van der Waals surface area contributed by atoms with Crippen LogP contribution in [0.5, 0.6) is 11.5 Å². The number of aryl methyl sites for hydroxylation is 1. The van der Waals surface area contributed by atoms with E-state index in [2.05, 4.69) is 9.88 Å². The van der Waals surface area contributed by atoms with Crippen LogP contribution in [0.4, 0.5) is 0 Å². The number of rotatable bonds is 6. The molecular formula is C14H16N2O5S. The second-order valence-corrected chi connectivity index (χ2v) is 6.61. The fourth-order valence-electron chi connectivity index (χ4n) is 2.12. The maximum Gasteiger partial charge on any atom is 0.240 e. The van der Waals surface area contributed by atoms with Gasteiger partial charge in [-0.05, 0) is 25.0 Å². The summed E-state index contributed by atoms with van der Waals surface area (Å²) < 4.78 is 42.5. The molecule has 0 saturated heterocycles. The Bertz CT molecular complexity index is 728. The van der Waals surface area contributed by atoms with Crippen LogP contribution in [-0.2, 0) is 16.4 Å². The summed E-state index contributed by atoms with van der Waals surface area (Å²) in [7, 11) is -3.56. The molecule has 118 valence electrons. The minimum Gasteiger partial charge on any atom is -0.486 e. The normalized spacial score (nSPS) is 14.0. The Balaban J connectivity index is 1.60. The third-order valence-electron chi connectivity index (χ3n) is 3.24. The fraction of sp³-hybridized carbons (Fsp3) is 0.357. The zero-order chi connectivity index (χ0) is 15.4. The number of aromatic nitrogens is 1. The number of hydrogen-bond acceptors (Lipinski definition) is 6. The van der Waals surface area contributed by atoms with E-state index in [9.17, 15) is 8.42 Å². The number of nitrogens with one attached hydrogen (secondary N) is 1. The van der Waals surface area contributed by atoms with Crippen molar-refractivity contribution in [2.45, 2.75) is 17.7 Å². The topological polar surface area (TPSA) is 90.7 Å². The molecule has 2 aromatic rings. The van der Waals surface area contributed by atoms with Crippen LogP contribution < -0.4 is 14.2 Å². The van der Waals surface area contributed by atoms with E-state index in [0.29, 0.717) is 44.1 Å². The molecule has 0 spiro atoms. The lowest BCUT2D eigenvalue weighted by atomic mass is 10.2. The lowest BCUT2D eigenvalue weighted by molar-refractivity contribution is 0.171. The van der Waals surface area contributed by atoms with Gasteiger partial charge in [0, 0.05) is 18.2 Å². The first kappa shape index (κ1) is 14.9. The number of ether oxygens (including phenoxy) is 2. The van der Waals surface area contributed by atoms with Crippen molar-refractivity contribution in [3.8, 4) is 11.5 Å². The third-order valence-corrected chi connectivity index (χ3v) is 4.70. The van der Waals surface area contributed by atoms with Crippen molar-refractivity contribution in [1.82, 2.24) is 9.88 Å². The van der Waals surface area contributed by atoms with E-state index in [0.717, 1.165) is 5.56 Å². The first-order valence-corrected chi connectivity index (χ1v) is 8.41. The van der Waals surface area contributed by atoms with E-state index in [1.54, 1.807) is 18.5 Å². The van der Waals surface area contributed by atoms with Gasteiger partial charge in [-0.2, -0.15) is 0 Å². The summed E-state index contributed by atoms with van der Waals surface area (Å²) in [5.74, 6) is 1.02. The first-order chi connectivity index (χ1) is 10.6. The van der Waals surface area contributed by atoms with Gasteiger partial charge in [0.2, 0.25) is 10.0 Å². The second kappa shape index (κ2) is 6.37. The van der Waals surface area contributed by atoms with Crippen LogP contribution in [0.15, 0.2) is 40.1 Å². The van der Waals surface area contributed by atoms with Crippen LogP contribution in [-0.4, -0.2) is 33.3 Å². The largest absolute Gasteiger partial charge is 0.486 e. The Morgan fingerprint density at radius 3 is 2.77 bits per heavy atom. The summed E-state index contributed by atoms with van der Waals surface area (Å²) in [5.41, 5.74) is 0.943. The van der Waals surface area contributed by atoms with Crippen LogP contribution in [0.1, 0.15) is 12.0 Å². The lowest BCUT2D eigenvalue weighted by Crippen LogP contribution is -2.25. The standard InChI is InChI=1S/C14H16N2O5S/c17-22(18,16-5-1-2-11-9-15-21-10-11)12-3-4-13-14(8-12)20-7-6-19-13/h3-4,8-10,16H,1-2,5-7H2. The molecule has 3 rings (SSSR count). The zero-order valence-corrected chi connectivity index (χ0v) is 12.6. The molecule has 22 heavy (non-hydrogen) atoms. The quantitative estimate of drug-likeness (QED) is 0.807. The van der Waals surface area contributed by atoms with Crippen molar-refractivity contribution in [1.29, 1.82) is 0 Å². The maximum atomic E-state index is 12.2. The van der Waals surface area contributed by atoms with Crippen LogP contribution >= 0.6 is 0 Å². The molecule has 0 unspecified atom stereocenters. The monoisotopic (exact) mass is 324 g/mol. The molecule has 8 heteroatoms. The summed E-state index contributed by atoms with van der Waals surface area (Å²) in [6, 6.07) is 4.60. The molecule has 1 aliphatic heterocycles. The van der Waals surface area contributed by atoms with E-state index in [4.69, 9.17) is 14.0 Å². The highest BCUT2D eigenvalue weighted by Gasteiger charge is 2.18. The number of benzene rings is 1. The molecule has 0 radical (unpaired) electrons. The number of nitrogens with zero attached hydrogens (tertiary/aromatic N) is 1. The van der Waals surface area contributed by atoms with Gasteiger partial charge in [0.05, 0.1) is 11.1 Å². The molecule has 1 aromatic heterocycles. The van der Waals surface area contributed by atoms with Gasteiger partial charge in [-0.25, -0.2) is 13.1 Å². The molecule has 1 aliphatic rings. The molecule has 1 N–H and O–H groups in total. The van der Waals surface area contributed by atoms with E-state index in [-0.39, 0.29) is 4.90 Å². The van der Waals surface area contributed by atoms with Gasteiger partial charge in [-0.15, -0.1) is 0 Å². The summed E-state index contributed by atoms with van der Waals surface area (Å²) in [4.78, 5) is 0.168. The lowest BCUT2D eigenvalue weighted by Gasteiger charge is -2.18. The third kappa shape index (κ3) is 3.40. The van der Waals surface area contributed by atoms with Crippen molar-refractivity contribution in [2.75, 3.05) is 19.8 Å². The predicted octanol–water partition coefficient (Wildman–Crippen LogP) is 1.36. The molecule has 0 fully saturated rings. The van der Waals surface area contributed by atoms with Crippen molar-refractivity contribution in [3.05, 3.63) is 36.2 Å². The summed E-state index contributed by atoms with van der Waals surface area (Å²) in [6.45, 7) is 1.23. The van der Waals surface area contributed by atoms with Gasteiger partial charge in [-0.3, -0.25) is 0 Å². The Morgan fingerprint density at radius 2 is 2.00 bits per heavy atom. The van der Waals surface area contributed by atoms with E-state index >= 15 is 0 Å². The molecule has 2 heterocycles. The minimum atomic E-state index is -3.56. The number of sulfonamides is 1. The molecule has 7 nitrogen and oxygen atoms in total. The van der Waals surface area contributed by atoms with Crippen molar-refractivity contribution < 1.29 is 22.4 Å². The highest BCUT2D eigenvalue weighted by Crippen LogP contribution is 2.32. The van der Waals surface area contributed by atoms with Gasteiger partial charge >= 0.3 is 0 Å². The molecule has 0 saturated carbocycles. The SMILES string of the molecule is O=S(=O)(NCCCc1cnoc1)c1ccc2c(c1)OCCO2. The summed E-state index contributed by atoms with van der Waals surface area (Å²) in [6.07, 6.45) is 4.53. The molecule has 1 aromatic carbocycles. The van der Waals surface area contributed by atoms with E-state index in [1.807, 2.05) is 0 Å². The average molecular weight is 324 g/mol. The maximum absolute atomic E-state index is 12.2. The molecule has 0 atom stereocenters. The Labute approximate surface area is 128 Å². The molecule has 0 amide bonds. The summed E-state index contributed by atoms with van der Waals surface area (Å²) >= 11 is 0. The van der Waals surface area contributed by atoms with Crippen LogP contribution in [0.25, 0.3) is 0 Å². The summed E-state index contributed by atoms with van der Waals surface area (Å²) in [5, 5.41) is 3.60. The van der Waals surface area contributed by atoms with E-state index < -0.39 is 10.0 Å². The van der Waals surface area contributed by atoms with Gasteiger partial charge in [0.1, 0.15) is 19.5 Å². The number of hydrogen-bond donors (Lipinski definition) is 1. The van der Waals surface area contributed by atoms with Gasteiger partial charge in [-0.1, -0.05) is 5.16 Å². The Hall–Kier alpha value is -2.06. The Morgan fingerprint density at radius 1 is 1.18 bits per heavy atom. The van der Waals surface area contributed by atoms with E-state index in [1.165, 1.54) is 12.1 Å². The van der Waals surface area contributed by atoms with Crippen LogP contribution in [0.3, 0.4) is 0 Å². The number of fused-ring (bicyclic) bond motifs is 1. The highest BCUT2D eigenvalue weighted by molar-refractivity contribution is 7.89. The van der Waals surface area contributed by atoms with Crippen molar-refractivity contribution in [3.63, 3.8) is 0 Å². The Kier molecular flexibility index (Phi) is 4.30. The van der Waals surface area contributed by atoms with Crippen molar-refractivity contribution in [2.24, 2.45) is 0 Å². The van der Waals surface area contributed by atoms with Crippen LogP contribution in [0, 0.1) is 0 Å². The first-order valence-electron chi connectivity index (χ1n) is 6.93. The van der Waals surface area contributed by atoms with Gasteiger partial charge in [0.25, 0.3) is 0 Å². The predicted molar refractivity (Wildman–Crippen MR) is 77.4 cm³/mol. The van der Waals surface area contributed by atoms with Gasteiger partial charge < -0.3 is 14.0 Å². The fourth-order valence-corrected chi connectivity index (χ4v) is 3.21. The second-order valence-electron chi connectivity index (χ2n) is 4.84. The molecular weight excluding hydrogens is 308 g/mol. The van der Waals surface area contributed by atoms with Crippen LogP contribution in [0.2, 0.25) is 0 Å². The molecule has 0 bridgehead atoms. The highest BCUT2D eigenvalue weighted by atomic mass is 32.2.